The molecule has 184 valence electrons. The molecule has 0 radical (unpaired) electrons. The average Bonchev–Trinajstić information content (AvgIpc) is 3.51. The molecule has 0 unspecified atom stereocenters. The molecule has 5 rings (SSSR count). The molecule has 1 aliphatic rings. The number of aromatic amines is 1. The molecule has 0 saturated heterocycles. The van der Waals surface area contributed by atoms with Gasteiger partial charge in [-0.05, 0) is 54.3 Å². The summed E-state index contributed by atoms with van der Waals surface area (Å²) in [5.74, 6) is 1.06. The van der Waals surface area contributed by atoms with Gasteiger partial charge < -0.3 is 9.15 Å². The van der Waals surface area contributed by atoms with Crippen LogP contribution in [-0.4, -0.2) is 37.0 Å². The molecule has 2 aromatic carbocycles. The lowest BCUT2D eigenvalue weighted by Gasteiger charge is -2.17. The molecule has 0 fully saturated rings. The van der Waals surface area contributed by atoms with Gasteiger partial charge in [0.15, 0.2) is 0 Å². The molecule has 0 amide bonds. The first-order valence-electron chi connectivity index (χ1n) is 11.0. The second-order valence-corrected chi connectivity index (χ2v) is 10.1. The number of nitrogens with one attached hydrogen (secondary N) is 2. The predicted octanol–water partition coefficient (Wildman–Crippen LogP) is 2.66. The van der Waals surface area contributed by atoms with Crippen LogP contribution < -0.4 is 20.8 Å². The van der Waals surface area contributed by atoms with Crippen molar-refractivity contribution >= 4 is 15.7 Å². The maximum atomic E-state index is 12.6. The van der Waals surface area contributed by atoms with Gasteiger partial charge in [-0.25, -0.2) is 18.0 Å². The molecule has 0 atom stereocenters. The van der Waals surface area contributed by atoms with Gasteiger partial charge >= 0.3 is 5.69 Å². The third kappa shape index (κ3) is 4.48. The van der Waals surface area contributed by atoms with Crippen molar-refractivity contribution in [2.24, 2.45) is 5.10 Å². The van der Waals surface area contributed by atoms with Crippen LogP contribution in [0.5, 0.6) is 5.75 Å². The van der Waals surface area contributed by atoms with Crippen LogP contribution in [0.4, 0.5) is 0 Å². The lowest BCUT2D eigenvalue weighted by Crippen LogP contribution is -2.27. The number of aromatic nitrogens is 2. The van der Waals surface area contributed by atoms with E-state index in [0.717, 1.165) is 29.4 Å². The van der Waals surface area contributed by atoms with E-state index in [4.69, 9.17) is 9.15 Å². The minimum Gasteiger partial charge on any atom is -0.495 e. The maximum absolute atomic E-state index is 12.6. The number of aryl methyl sites for hydroxylation is 1. The van der Waals surface area contributed by atoms with Gasteiger partial charge in [0.05, 0.1) is 36.6 Å². The highest BCUT2D eigenvalue weighted by Crippen LogP contribution is 2.42. The quantitative estimate of drug-likeness (QED) is 0.386. The Morgan fingerprint density at radius 2 is 1.86 bits per heavy atom. The summed E-state index contributed by atoms with van der Waals surface area (Å²) in [6.45, 7) is 0. The van der Waals surface area contributed by atoms with Crippen LogP contribution in [0.3, 0.4) is 0 Å². The Morgan fingerprint density at radius 1 is 1.06 bits per heavy atom. The molecule has 0 bridgehead atoms. The molecule has 0 saturated carbocycles. The van der Waals surface area contributed by atoms with E-state index in [-0.39, 0.29) is 0 Å². The van der Waals surface area contributed by atoms with Gasteiger partial charge in [0, 0.05) is 23.4 Å². The van der Waals surface area contributed by atoms with E-state index >= 15 is 0 Å². The smallest absolute Gasteiger partial charge is 0.332 e. The Hall–Kier alpha value is -4.38. The summed E-state index contributed by atoms with van der Waals surface area (Å²) in [5.41, 5.74) is 3.98. The predicted molar refractivity (Wildman–Crippen MR) is 135 cm³/mol. The zero-order valence-electron chi connectivity index (χ0n) is 19.4. The minimum atomic E-state index is -3.49. The molecule has 2 aromatic heterocycles. The maximum Gasteiger partial charge on any atom is 0.332 e. The van der Waals surface area contributed by atoms with Gasteiger partial charge in [0.1, 0.15) is 11.5 Å². The van der Waals surface area contributed by atoms with Crippen molar-refractivity contribution in [1.82, 2.24) is 14.4 Å². The molecule has 0 spiro atoms. The Kier molecular flexibility index (Phi) is 5.84. The Balaban J connectivity index is 1.73. The van der Waals surface area contributed by atoms with Crippen molar-refractivity contribution in [3.05, 3.63) is 93.0 Å². The van der Waals surface area contributed by atoms with Gasteiger partial charge in [-0.1, -0.05) is 12.1 Å². The number of hydrogen-bond donors (Lipinski definition) is 2. The van der Waals surface area contributed by atoms with Crippen LogP contribution in [0.25, 0.3) is 28.1 Å². The van der Waals surface area contributed by atoms with Crippen molar-refractivity contribution in [2.75, 3.05) is 13.4 Å². The summed E-state index contributed by atoms with van der Waals surface area (Å²) >= 11 is 0. The summed E-state index contributed by atoms with van der Waals surface area (Å²) in [4.78, 5) is 28.7. The summed E-state index contributed by atoms with van der Waals surface area (Å²) in [7, 11) is -1.94. The first-order valence-corrected chi connectivity index (χ1v) is 12.9. The van der Waals surface area contributed by atoms with Crippen LogP contribution in [-0.2, 0) is 16.4 Å². The summed E-state index contributed by atoms with van der Waals surface area (Å²) in [6.07, 6.45) is 5.34. The van der Waals surface area contributed by atoms with E-state index in [1.165, 1.54) is 16.8 Å². The van der Waals surface area contributed by atoms with Crippen molar-refractivity contribution in [2.45, 2.75) is 12.8 Å². The molecule has 2 heterocycles. The van der Waals surface area contributed by atoms with Gasteiger partial charge in [0.2, 0.25) is 10.0 Å². The fourth-order valence-electron chi connectivity index (χ4n) is 4.29. The SMILES string of the molecule is COc1c(-c2ccc3c(c2)C(=NNS(C)(=O)=O)CC3)cc(-n2ccc(=O)[nH]c2=O)cc1-c1ccco1. The van der Waals surface area contributed by atoms with Crippen LogP contribution in [0.1, 0.15) is 17.5 Å². The molecule has 1 aliphatic carbocycles. The monoisotopic (exact) mass is 506 g/mol. The second-order valence-electron chi connectivity index (χ2n) is 8.33. The molecule has 4 aromatic rings. The van der Waals surface area contributed by atoms with Gasteiger partial charge in [-0.3, -0.25) is 14.3 Å². The fourth-order valence-corrected chi connectivity index (χ4v) is 4.57. The number of fused-ring (bicyclic) bond motifs is 1. The van der Waals surface area contributed by atoms with Crippen molar-refractivity contribution < 1.29 is 17.6 Å². The molecule has 11 heteroatoms. The van der Waals surface area contributed by atoms with E-state index < -0.39 is 21.3 Å². The van der Waals surface area contributed by atoms with Crippen molar-refractivity contribution in [3.8, 4) is 33.9 Å². The number of hydrazone groups is 1. The first-order chi connectivity index (χ1) is 17.2. The summed E-state index contributed by atoms with van der Waals surface area (Å²) < 4.78 is 35.9. The number of ether oxygens (including phenoxy) is 1. The number of sulfonamides is 1. The fraction of sp³-hybridized carbons (Fsp3) is 0.160. The van der Waals surface area contributed by atoms with Crippen molar-refractivity contribution in [3.63, 3.8) is 0 Å². The highest BCUT2D eigenvalue weighted by atomic mass is 32.2. The molecular weight excluding hydrogens is 484 g/mol. The molecular formula is C25H22N4O6S. The lowest BCUT2D eigenvalue weighted by molar-refractivity contribution is 0.416. The number of nitrogens with zero attached hydrogens (tertiary/aromatic N) is 2. The topological polar surface area (TPSA) is 136 Å². The van der Waals surface area contributed by atoms with E-state index in [1.54, 1.807) is 37.6 Å². The summed E-state index contributed by atoms with van der Waals surface area (Å²) in [6, 6.07) is 14.2. The second kappa shape index (κ2) is 9.00. The first kappa shape index (κ1) is 23.4. The molecule has 10 nitrogen and oxygen atoms in total. The summed E-state index contributed by atoms with van der Waals surface area (Å²) in [5, 5.41) is 4.11. The molecule has 0 aliphatic heterocycles. The van der Waals surface area contributed by atoms with Gasteiger partial charge in [-0.15, -0.1) is 0 Å². The van der Waals surface area contributed by atoms with Crippen LogP contribution in [0.15, 0.2) is 80.1 Å². The van der Waals surface area contributed by atoms with Crippen LogP contribution >= 0.6 is 0 Å². The largest absolute Gasteiger partial charge is 0.495 e. The average molecular weight is 507 g/mol. The third-order valence-corrected chi connectivity index (χ3v) is 6.30. The van der Waals surface area contributed by atoms with Gasteiger partial charge in [-0.2, -0.15) is 5.10 Å². The molecule has 2 N–H and O–H groups in total. The highest BCUT2D eigenvalue weighted by molar-refractivity contribution is 7.88. The normalized spacial score (nSPS) is 14.1. The van der Waals surface area contributed by atoms with E-state index in [1.807, 2.05) is 18.2 Å². The Labute approximate surface area is 205 Å². The zero-order valence-corrected chi connectivity index (χ0v) is 20.3. The van der Waals surface area contributed by atoms with Crippen LogP contribution in [0, 0.1) is 0 Å². The Bertz CT molecular complexity index is 1720. The number of hydrogen-bond acceptors (Lipinski definition) is 7. The standard InChI is InChI=1S/C25H22N4O6S/c1-34-24-19(16-6-5-15-7-8-21(18(15)12-16)27-28-36(2,32)33)13-17(14-20(24)22-4-3-11-35-22)29-10-9-23(30)26-25(29)31/h3-6,9-14,28H,7-8H2,1-2H3,(H,26,30,31). The third-order valence-electron chi connectivity index (χ3n) is 5.88. The van der Waals surface area contributed by atoms with Crippen molar-refractivity contribution in [1.29, 1.82) is 0 Å². The minimum absolute atomic E-state index is 0.492. The van der Waals surface area contributed by atoms with E-state index in [9.17, 15) is 18.0 Å². The van der Waals surface area contributed by atoms with Gasteiger partial charge in [0.25, 0.3) is 5.56 Å². The lowest BCUT2D eigenvalue weighted by atomic mass is 9.96. The Morgan fingerprint density at radius 3 is 2.56 bits per heavy atom. The van der Waals surface area contributed by atoms with E-state index in [2.05, 4.69) is 14.9 Å². The number of rotatable bonds is 6. The number of H-pyrrole nitrogens is 1. The molecule has 36 heavy (non-hydrogen) atoms. The number of methoxy groups -OCH3 is 1. The number of benzene rings is 2. The van der Waals surface area contributed by atoms with Crippen LogP contribution in [0.2, 0.25) is 0 Å². The van der Waals surface area contributed by atoms with E-state index in [0.29, 0.717) is 40.5 Å². The zero-order chi connectivity index (χ0) is 25.4. The number of furan rings is 1. The highest BCUT2D eigenvalue weighted by Gasteiger charge is 2.22.